The number of nitrogens with one attached hydrogen (secondary N) is 1. The normalized spacial score (nSPS) is 14.9. The van der Waals surface area contributed by atoms with E-state index in [-0.39, 0.29) is 11.8 Å². The molecule has 1 N–H and O–H groups in total. The number of ether oxygens (including phenoxy) is 1. The van der Waals surface area contributed by atoms with Crippen LogP contribution in [0.25, 0.3) is 0 Å². The maximum Gasteiger partial charge on any atom is 0.317 e. The van der Waals surface area contributed by atoms with Gasteiger partial charge in [0.05, 0.1) is 6.54 Å². The third-order valence-electron chi connectivity index (χ3n) is 2.70. The first kappa shape index (κ1) is 11.7. The van der Waals surface area contributed by atoms with Crippen molar-refractivity contribution in [1.82, 2.24) is 10.2 Å². The summed E-state index contributed by atoms with van der Waals surface area (Å²) >= 11 is 0. The third-order valence-corrected chi connectivity index (χ3v) is 2.70. The first-order valence-corrected chi connectivity index (χ1v) is 5.58. The van der Waals surface area contributed by atoms with Crippen LogP contribution in [0.15, 0.2) is 18.2 Å². The zero-order chi connectivity index (χ0) is 12.3. The number of carbonyl (C=O) groups is 1. The molecule has 5 heteroatoms. The van der Waals surface area contributed by atoms with E-state index in [1.165, 1.54) is 6.07 Å². The molecule has 1 saturated heterocycles. The van der Waals surface area contributed by atoms with Gasteiger partial charge in [0.2, 0.25) is 0 Å². The predicted octanol–water partition coefficient (Wildman–Crippen LogP) is 1.54. The number of hydrogen-bond acceptors (Lipinski definition) is 2. The molecule has 2 amide bonds. The standard InChI is InChI=1S/C12H15FN2O2/c1-9-8-10(2-3-11(9)13)17-7-6-15-5-4-14-12(15)16/h2-3,8H,4-7H2,1H3,(H,14,16). The highest BCUT2D eigenvalue weighted by Gasteiger charge is 2.18. The van der Waals surface area contributed by atoms with Crippen LogP contribution < -0.4 is 10.1 Å². The molecule has 2 rings (SSSR count). The molecule has 0 radical (unpaired) electrons. The minimum absolute atomic E-state index is 0.0520. The van der Waals surface area contributed by atoms with Crippen LogP contribution >= 0.6 is 0 Å². The van der Waals surface area contributed by atoms with Crippen LogP contribution in [0.5, 0.6) is 5.75 Å². The van der Waals surface area contributed by atoms with Gasteiger partial charge in [-0.2, -0.15) is 0 Å². The molecule has 0 atom stereocenters. The number of nitrogens with zero attached hydrogens (tertiary/aromatic N) is 1. The highest BCUT2D eigenvalue weighted by Crippen LogP contribution is 2.15. The molecule has 17 heavy (non-hydrogen) atoms. The van der Waals surface area contributed by atoms with Crippen LogP contribution in [0.1, 0.15) is 5.56 Å². The van der Waals surface area contributed by atoms with Gasteiger partial charge in [0, 0.05) is 13.1 Å². The molecule has 1 aliphatic rings. The second-order valence-electron chi connectivity index (χ2n) is 3.98. The highest BCUT2D eigenvalue weighted by atomic mass is 19.1. The third kappa shape index (κ3) is 2.87. The van der Waals surface area contributed by atoms with Crippen molar-refractivity contribution in [3.63, 3.8) is 0 Å². The molecule has 0 aliphatic carbocycles. The van der Waals surface area contributed by atoms with Gasteiger partial charge in [-0.3, -0.25) is 0 Å². The number of halogens is 1. The smallest absolute Gasteiger partial charge is 0.317 e. The highest BCUT2D eigenvalue weighted by molar-refractivity contribution is 5.76. The first-order chi connectivity index (χ1) is 8.16. The van der Waals surface area contributed by atoms with Crippen LogP contribution in [-0.2, 0) is 0 Å². The minimum atomic E-state index is -0.240. The number of hydrogen-bond donors (Lipinski definition) is 1. The fraction of sp³-hybridized carbons (Fsp3) is 0.417. The predicted molar refractivity (Wildman–Crippen MR) is 61.6 cm³/mol. The summed E-state index contributed by atoms with van der Waals surface area (Å²) in [5.74, 6) is 0.389. The lowest BCUT2D eigenvalue weighted by molar-refractivity contribution is 0.202. The topological polar surface area (TPSA) is 41.6 Å². The number of carbonyl (C=O) groups excluding carboxylic acids is 1. The van der Waals surface area contributed by atoms with Gasteiger partial charge in [-0.1, -0.05) is 0 Å². The number of benzene rings is 1. The Morgan fingerprint density at radius 1 is 1.53 bits per heavy atom. The summed E-state index contributed by atoms with van der Waals surface area (Å²) in [6.07, 6.45) is 0. The summed E-state index contributed by atoms with van der Waals surface area (Å²) in [6, 6.07) is 4.57. The number of rotatable bonds is 4. The van der Waals surface area contributed by atoms with E-state index in [2.05, 4.69) is 5.32 Å². The molecule has 1 aliphatic heterocycles. The van der Waals surface area contributed by atoms with E-state index < -0.39 is 0 Å². The van der Waals surface area contributed by atoms with Gasteiger partial charge >= 0.3 is 6.03 Å². The summed E-state index contributed by atoms with van der Waals surface area (Å²) in [7, 11) is 0. The second kappa shape index (κ2) is 5.03. The SMILES string of the molecule is Cc1cc(OCCN2CCNC2=O)ccc1F. The molecule has 4 nitrogen and oxygen atoms in total. The molecule has 0 spiro atoms. The van der Waals surface area contributed by atoms with Gasteiger partial charge < -0.3 is 15.0 Å². The van der Waals surface area contributed by atoms with Crippen molar-refractivity contribution < 1.29 is 13.9 Å². The van der Waals surface area contributed by atoms with Gasteiger partial charge in [0.15, 0.2) is 0 Å². The first-order valence-electron chi connectivity index (χ1n) is 5.58. The Labute approximate surface area is 99.4 Å². The van der Waals surface area contributed by atoms with Crippen molar-refractivity contribution in [2.24, 2.45) is 0 Å². The van der Waals surface area contributed by atoms with Crippen LogP contribution in [0.4, 0.5) is 9.18 Å². The molecule has 1 aromatic carbocycles. The Bertz CT molecular complexity index is 423. The van der Waals surface area contributed by atoms with Crippen molar-refractivity contribution in [2.45, 2.75) is 6.92 Å². The molecule has 1 heterocycles. The van der Waals surface area contributed by atoms with E-state index in [9.17, 15) is 9.18 Å². The van der Waals surface area contributed by atoms with Crippen LogP contribution in [-0.4, -0.2) is 37.2 Å². The number of aryl methyl sites for hydroxylation is 1. The molecule has 0 bridgehead atoms. The maximum absolute atomic E-state index is 13.0. The summed E-state index contributed by atoms with van der Waals surface area (Å²) in [5, 5.41) is 2.72. The summed E-state index contributed by atoms with van der Waals surface area (Å²) in [4.78, 5) is 12.9. The van der Waals surface area contributed by atoms with Crippen molar-refractivity contribution in [3.05, 3.63) is 29.6 Å². The Hall–Kier alpha value is -1.78. The quantitative estimate of drug-likeness (QED) is 0.864. The molecular weight excluding hydrogens is 223 g/mol. The van der Waals surface area contributed by atoms with E-state index in [0.29, 0.717) is 37.6 Å². The molecule has 0 saturated carbocycles. The number of urea groups is 1. The van der Waals surface area contributed by atoms with Gasteiger partial charge in [0.1, 0.15) is 18.2 Å². The van der Waals surface area contributed by atoms with Gasteiger partial charge in [-0.25, -0.2) is 9.18 Å². The summed E-state index contributed by atoms with van der Waals surface area (Å²) in [6.45, 7) is 4.05. The van der Waals surface area contributed by atoms with Crippen molar-refractivity contribution in [2.75, 3.05) is 26.2 Å². The van der Waals surface area contributed by atoms with Gasteiger partial charge in [-0.15, -0.1) is 0 Å². The van der Waals surface area contributed by atoms with Crippen LogP contribution in [0.2, 0.25) is 0 Å². The lowest BCUT2D eigenvalue weighted by Gasteiger charge is -2.14. The molecule has 92 valence electrons. The van der Waals surface area contributed by atoms with Gasteiger partial charge in [-0.05, 0) is 30.7 Å². The van der Waals surface area contributed by atoms with Crippen molar-refractivity contribution in [1.29, 1.82) is 0 Å². The average Bonchev–Trinajstić information content (AvgIpc) is 2.70. The van der Waals surface area contributed by atoms with Crippen LogP contribution in [0, 0.1) is 12.7 Å². The molecule has 0 unspecified atom stereocenters. The zero-order valence-corrected chi connectivity index (χ0v) is 9.70. The minimum Gasteiger partial charge on any atom is -0.492 e. The van der Waals surface area contributed by atoms with E-state index in [1.807, 2.05) is 0 Å². The zero-order valence-electron chi connectivity index (χ0n) is 9.70. The van der Waals surface area contributed by atoms with Crippen molar-refractivity contribution in [3.8, 4) is 5.75 Å². The van der Waals surface area contributed by atoms with Crippen molar-refractivity contribution >= 4 is 6.03 Å². The Morgan fingerprint density at radius 3 is 3.00 bits per heavy atom. The summed E-state index contributed by atoms with van der Waals surface area (Å²) in [5.41, 5.74) is 0.557. The average molecular weight is 238 g/mol. The molecule has 1 fully saturated rings. The Kier molecular flexibility index (Phi) is 3.46. The number of amides is 2. The molecular formula is C12H15FN2O2. The largest absolute Gasteiger partial charge is 0.492 e. The fourth-order valence-electron chi connectivity index (χ4n) is 1.71. The van der Waals surface area contributed by atoms with Crippen LogP contribution in [0.3, 0.4) is 0 Å². The monoisotopic (exact) mass is 238 g/mol. The lowest BCUT2D eigenvalue weighted by Crippen LogP contribution is -2.31. The second-order valence-corrected chi connectivity index (χ2v) is 3.98. The fourth-order valence-corrected chi connectivity index (χ4v) is 1.71. The molecule has 0 aromatic heterocycles. The van der Waals surface area contributed by atoms with E-state index in [1.54, 1.807) is 24.0 Å². The summed E-state index contributed by atoms with van der Waals surface area (Å²) < 4.78 is 18.5. The van der Waals surface area contributed by atoms with Gasteiger partial charge in [0.25, 0.3) is 0 Å². The molecule has 1 aromatic rings. The van der Waals surface area contributed by atoms with E-state index in [4.69, 9.17) is 4.74 Å². The maximum atomic E-state index is 13.0. The Balaban J connectivity index is 1.81. The van der Waals surface area contributed by atoms with E-state index in [0.717, 1.165) is 0 Å². The lowest BCUT2D eigenvalue weighted by atomic mass is 10.2. The van der Waals surface area contributed by atoms with E-state index >= 15 is 0 Å². The Morgan fingerprint density at radius 2 is 2.35 bits per heavy atom.